The van der Waals surface area contributed by atoms with Gasteiger partial charge in [-0.25, -0.2) is 4.98 Å². The minimum atomic E-state index is 0.0168. The number of rotatable bonds is 5. The van der Waals surface area contributed by atoms with Crippen molar-refractivity contribution in [3.8, 4) is 0 Å². The number of anilines is 1. The molecular formula is C23H29N4OS+. The highest BCUT2D eigenvalue weighted by molar-refractivity contribution is 7.22. The lowest BCUT2D eigenvalue weighted by molar-refractivity contribution is -0.899. The topological polar surface area (TPSA) is 49.7 Å². The molecule has 1 aliphatic heterocycles. The first kappa shape index (κ1) is 19.9. The molecule has 29 heavy (non-hydrogen) atoms. The maximum absolute atomic E-state index is 12.2. The van der Waals surface area contributed by atoms with E-state index >= 15 is 0 Å². The van der Waals surface area contributed by atoms with Crippen molar-refractivity contribution in [3.05, 3.63) is 58.7 Å². The summed E-state index contributed by atoms with van der Waals surface area (Å²) >= 11 is 1.80. The molecule has 1 aliphatic rings. The van der Waals surface area contributed by atoms with Crippen LogP contribution in [0.4, 0.5) is 5.13 Å². The number of piperazine rings is 1. The molecule has 2 N–H and O–H groups in total. The fourth-order valence-electron chi connectivity index (χ4n) is 3.77. The predicted molar refractivity (Wildman–Crippen MR) is 120 cm³/mol. The molecule has 152 valence electrons. The number of carbonyl (C=O) groups is 1. The number of nitrogens with zero attached hydrogens (tertiary/aromatic N) is 2. The first-order valence-corrected chi connectivity index (χ1v) is 11.1. The van der Waals surface area contributed by atoms with Crippen molar-refractivity contribution in [2.75, 3.05) is 44.2 Å². The molecule has 1 amide bonds. The first-order chi connectivity index (χ1) is 14.0. The fourth-order valence-corrected chi connectivity index (χ4v) is 4.85. The first-order valence-electron chi connectivity index (χ1n) is 10.3. The van der Waals surface area contributed by atoms with Crippen molar-refractivity contribution in [3.63, 3.8) is 0 Å². The molecule has 0 radical (unpaired) electrons. The maximum atomic E-state index is 12.2. The van der Waals surface area contributed by atoms with Crippen molar-refractivity contribution in [1.29, 1.82) is 0 Å². The van der Waals surface area contributed by atoms with Crippen molar-refractivity contribution in [2.24, 2.45) is 0 Å². The Morgan fingerprint density at radius 3 is 2.55 bits per heavy atom. The van der Waals surface area contributed by atoms with Gasteiger partial charge in [0.05, 0.1) is 49.5 Å². The third-order valence-corrected chi connectivity index (χ3v) is 6.97. The molecule has 0 saturated carbocycles. The van der Waals surface area contributed by atoms with E-state index < -0.39 is 0 Å². The number of hydrogen-bond donors (Lipinski definition) is 2. The average Bonchev–Trinajstić information content (AvgIpc) is 3.17. The Morgan fingerprint density at radius 2 is 1.83 bits per heavy atom. The summed E-state index contributed by atoms with van der Waals surface area (Å²) < 4.78 is 1.27. The van der Waals surface area contributed by atoms with Crippen LogP contribution in [0.5, 0.6) is 0 Å². The minimum Gasteiger partial charge on any atom is -0.346 e. The molecule has 1 aromatic heterocycles. The minimum absolute atomic E-state index is 0.0168. The van der Waals surface area contributed by atoms with Crippen LogP contribution in [-0.4, -0.2) is 50.2 Å². The molecule has 0 spiro atoms. The van der Waals surface area contributed by atoms with Crippen LogP contribution in [-0.2, 0) is 0 Å². The van der Waals surface area contributed by atoms with E-state index in [1.165, 1.54) is 21.4 Å². The predicted octanol–water partition coefficient (Wildman–Crippen LogP) is 2.36. The summed E-state index contributed by atoms with van der Waals surface area (Å²) in [5, 5.41) is 4.19. The number of quaternary nitrogens is 1. The lowest BCUT2D eigenvalue weighted by Crippen LogP contribution is -3.15. The van der Waals surface area contributed by atoms with E-state index in [1.807, 2.05) is 31.2 Å². The average molecular weight is 410 g/mol. The maximum Gasteiger partial charge on any atom is 0.251 e. The number of carbonyl (C=O) groups excluding carboxylic acids is 1. The Kier molecular flexibility index (Phi) is 5.83. The molecule has 0 unspecified atom stereocenters. The van der Waals surface area contributed by atoms with Crippen LogP contribution in [0, 0.1) is 20.8 Å². The molecule has 5 nitrogen and oxygen atoms in total. The van der Waals surface area contributed by atoms with Gasteiger partial charge in [-0.3, -0.25) is 4.79 Å². The zero-order valence-corrected chi connectivity index (χ0v) is 18.2. The van der Waals surface area contributed by atoms with Crippen LogP contribution in [0.25, 0.3) is 10.2 Å². The van der Waals surface area contributed by atoms with Gasteiger partial charge in [0.1, 0.15) is 0 Å². The quantitative estimate of drug-likeness (QED) is 0.680. The van der Waals surface area contributed by atoms with Crippen molar-refractivity contribution < 1.29 is 9.69 Å². The number of hydrogen-bond acceptors (Lipinski definition) is 4. The molecule has 0 atom stereocenters. The van der Waals surface area contributed by atoms with Crippen LogP contribution >= 0.6 is 11.3 Å². The van der Waals surface area contributed by atoms with Gasteiger partial charge in [-0.15, -0.1) is 0 Å². The van der Waals surface area contributed by atoms with Crippen molar-refractivity contribution in [1.82, 2.24) is 10.3 Å². The third-order valence-electron chi connectivity index (χ3n) is 5.89. The molecule has 2 heterocycles. The summed E-state index contributed by atoms with van der Waals surface area (Å²) in [5.41, 5.74) is 5.65. The van der Waals surface area contributed by atoms with E-state index in [0.717, 1.165) is 48.9 Å². The van der Waals surface area contributed by atoms with Gasteiger partial charge in [-0.05, 0) is 50.1 Å². The number of thiazole rings is 1. The number of nitrogens with one attached hydrogen (secondary N) is 2. The summed E-state index contributed by atoms with van der Waals surface area (Å²) in [6, 6.07) is 12.1. The number of aromatic nitrogens is 1. The van der Waals surface area contributed by atoms with E-state index in [0.29, 0.717) is 6.54 Å². The molecule has 2 aromatic carbocycles. The Hall–Kier alpha value is -2.44. The highest BCUT2D eigenvalue weighted by atomic mass is 32.1. The van der Waals surface area contributed by atoms with Gasteiger partial charge < -0.3 is 15.1 Å². The normalized spacial score (nSPS) is 15.1. The monoisotopic (exact) mass is 409 g/mol. The summed E-state index contributed by atoms with van der Waals surface area (Å²) in [6.45, 7) is 12.2. The van der Waals surface area contributed by atoms with Gasteiger partial charge >= 0.3 is 0 Å². The van der Waals surface area contributed by atoms with Crippen LogP contribution in [0.15, 0.2) is 36.4 Å². The Labute approximate surface area is 176 Å². The molecule has 1 fully saturated rings. The van der Waals surface area contributed by atoms with E-state index in [-0.39, 0.29) is 5.91 Å². The smallest absolute Gasteiger partial charge is 0.251 e. The molecule has 1 saturated heterocycles. The molecule has 4 rings (SSSR count). The van der Waals surface area contributed by atoms with E-state index in [4.69, 9.17) is 4.98 Å². The molecular weight excluding hydrogens is 380 g/mol. The van der Waals surface area contributed by atoms with Gasteiger partial charge in [-0.1, -0.05) is 35.1 Å². The van der Waals surface area contributed by atoms with E-state index in [2.05, 4.69) is 36.2 Å². The van der Waals surface area contributed by atoms with Gasteiger partial charge in [0.2, 0.25) is 0 Å². The van der Waals surface area contributed by atoms with Gasteiger partial charge in [-0.2, -0.15) is 0 Å². The van der Waals surface area contributed by atoms with Crippen LogP contribution < -0.4 is 15.1 Å². The number of benzene rings is 2. The Bertz CT molecular complexity index is 1000. The van der Waals surface area contributed by atoms with E-state index in [9.17, 15) is 4.79 Å². The second-order valence-corrected chi connectivity index (χ2v) is 8.97. The largest absolute Gasteiger partial charge is 0.346 e. The lowest BCUT2D eigenvalue weighted by atomic mass is 10.1. The molecule has 6 heteroatoms. The van der Waals surface area contributed by atoms with Crippen LogP contribution in [0.3, 0.4) is 0 Å². The fraction of sp³-hybridized carbons (Fsp3) is 0.391. The second-order valence-electron chi connectivity index (χ2n) is 7.96. The van der Waals surface area contributed by atoms with Crippen LogP contribution in [0.1, 0.15) is 27.0 Å². The van der Waals surface area contributed by atoms with Crippen molar-refractivity contribution >= 4 is 32.6 Å². The van der Waals surface area contributed by atoms with Crippen LogP contribution in [0.2, 0.25) is 0 Å². The third kappa shape index (κ3) is 4.43. The second kappa shape index (κ2) is 8.51. The highest BCUT2D eigenvalue weighted by Crippen LogP contribution is 2.31. The SMILES string of the molecule is Cc1ccc(C(=O)NCC[NH+]2CCN(c3nc4c(C)c(C)ccc4s3)CC2)cc1. The zero-order valence-electron chi connectivity index (χ0n) is 17.4. The lowest BCUT2D eigenvalue weighted by Gasteiger charge is -2.32. The zero-order chi connectivity index (χ0) is 20.4. The van der Waals surface area contributed by atoms with Crippen molar-refractivity contribution in [2.45, 2.75) is 20.8 Å². The summed E-state index contributed by atoms with van der Waals surface area (Å²) in [6.07, 6.45) is 0. The Balaban J connectivity index is 1.27. The summed E-state index contributed by atoms with van der Waals surface area (Å²) in [7, 11) is 0. The summed E-state index contributed by atoms with van der Waals surface area (Å²) in [5.74, 6) is 0.0168. The number of amides is 1. The molecule has 3 aromatic rings. The van der Waals surface area contributed by atoms with Gasteiger partial charge in [0, 0.05) is 5.56 Å². The standard InChI is InChI=1S/C23H28N4OS/c1-16-4-7-19(8-5-16)22(28)24-10-11-26-12-14-27(15-13-26)23-25-21-18(3)17(2)6-9-20(21)29-23/h4-9H,10-15H2,1-3H3,(H,24,28)/p+1. The summed E-state index contributed by atoms with van der Waals surface area (Å²) in [4.78, 5) is 21.1. The van der Waals surface area contributed by atoms with Gasteiger partial charge in [0.25, 0.3) is 5.91 Å². The number of aryl methyl sites for hydroxylation is 3. The Morgan fingerprint density at radius 1 is 1.10 bits per heavy atom. The number of fused-ring (bicyclic) bond motifs is 1. The molecule has 0 bridgehead atoms. The highest BCUT2D eigenvalue weighted by Gasteiger charge is 2.22. The molecule has 0 aliphatic carbocycles. The van der Waals surface area contributed by atoms with Gasteiger partial charge in [0.15, 0.2) is 5.13 Å². The van der Waals surface area contributed by atoms with E-state index in [1.54, 1.807) is 16.2 Å².